The number of halogens is 1. The van der Waals surface area contributed by atoms with E-state index in [1.807, 2.05) is 54.6 Å². The lowest BCUT2D eigenvalue weighted by Crippen LogP contribution is -2.43. The molecule has 3 rings (SSSR count). The molecule has 2 N–H and O–H groups in total. The first-order chi connectivity index (χ1) is 12.2. The maximum absolute atomic E-state index is 12.7. The molecule has 140 valence electrons. The molecule has 1 aliphatic rings. The van der Waals surface area contributed by atoms with Crippen molar-refractivity contribution in [2.45, 2.75) is 26.4 Å². The summed E-state index contributed by atoms with van der Waals surface area (Å²) in [4.78, 5) is 12.7. The van der Waals surface area contributed by atoms with E-state index < -0.39 is 0 Å². The number of nitrogens with one attached hydrogen (secondary N) is 2. The van der Waals surface area contributed by atoms with Gasteiger partial charge in [-0.2, -0.15) is 0 Å². The van der Waals surface area contributed by atoms with E-state index in [0.717, 1.165) is 37.2 Å². The van der Waals surface area contributed by atoms with E-state index in [2.05, 4.69) is 17.6 Å². The highest BCUT2D eigenvalue weighted by Crippen LogP contribution is 2.27. The van der Waals surface area contributed by atoms with E-state index in [1.54, 1.807) is 0 Å². The molecule has 0 aromatic heterocycles. The number of carbonyl (C=O) groups excluding carboxylic acids is 1. The Morgan fingerprint density at radius 3 is 2.46 bits per heavy atom. The monoisotopic (exact) mass is 374 g/mol. The zero-order chi connectivity index (χ0) is 17.5. The quantitative estimate of drug-likeness (QED) is 0.808. The molecule has 0 atom stereocenters. The molecule has 0 aliphatic carbocycles. The van der Waals surface area contributed by atoms with Gasteiger partial charge in [-0.15, -0.1) is 12.4 Å². The molecule has 0 saturated carbocycles. The smallest absolute Gasteiger partial charge is 0.251 e. The molecule has 1 saturated heterocycles. The molecule has 5 heteroatoms. The first-order valence-corrected chi connectivity index (χ1v) is 8.91. The summed E-state index contributed by atoms with van der Waals surface area (Å²) in [5, 5.41) is 6.50. The second kappa shape index (κ2) is 9.60. The number of rotatable bonds is 6. The molecule has 4 nitrogen and oxygen atoms in total. The number of benzene rings is 2. The second-order valence-electron chi connectivity index (χ2n) is 7.00. The van der Waals surface area contributed by atoms with Crippen LogP contribution in [0.25, 0.3) is 0 Å². The minimum Gasteiger partial charge on any atom is -0.489 e. The lowest BCUT2D eigenvalue weighted by molar-refractivity contribution is 0.0919. The molecule has 1 fully saturated rings. The maximum atomic E-state index is 12.7. The maximum Gasteiger partial charge on any atom is 0.251 e. The van der Waals surface area contributed by atoms with Gasteiger partial charge in [0.05, 0.1) is 0 Å². The van der Waals surface area contributed by atoms with Crippen LogP contribution in [0.4, 0.5) is 0 Å². The van der Waals surface area contributed by atoms with Crippen LogP contribution in [-0.2, 0) is 6.61 Å². The van der Waals surface area contributed by atoms with Gasteiger partial charge in [0.1, 0.15) is 12.4 Å². The zero-order valence-corrected chi connectivity index (χ0v) is 16.0. The van der Waals surface area contributed by atoms with E-state index >= 15 is 0 Å². The van der Waals surface area contributed by atoms with Crippen molar-refractivity contribution in [2.75, 3.05) is 19.6 Å². The van der Waals surface area contributed by atoms with Crippen LogP contribution >= 0.6 is 12.4 Å². The largest absolute Gasteiger partial charge is 0.489 e. The number of hydrogen-bond acceptors (Lipinski definition) is 3. The molecule has 1 amide bonds. The Bertz CT molecular complexity index is 700. The van der Waals surface area contributed by atoms with E-state index in [1.165, 1.54) is 0 Å². The lowest BCUT2D eigenvalue weighted by atomic mass is 9.81. The van der Waals surface area contributed by atoms with Gasteiger partial charge in [-0.05, 0) is 49.5 Å². The number of amides is 1. The summed E-state index contributed by atoms with van der Waals surface area (Å²) < 4.78 is 5.81. The van der Waals surface area contributed by atoms with Gasteiger partial charge in [-0.1, -0.05) is 43.3 Å². The molecule has 2 aromatic rings. The predicted molar refractivity (Wildman–Crippen MR) is 107 cm³/mol. The van der Waals surface area contributed by atoms with Crippen LogP contribution in [0.2, 0.25) is 0 Å². The van der Waals surface area contributed by atoms with Crippen molar-refractivity contribution in [3.8, 4) is 5.75 Å². The highest BCUT2D eigenvalue weighted by atomic mass is 35.5. The van der Waals surface area contributed by atoms with Crippen LogP contribution < -0.4 is 15.4 Å². The standard InChI is InChI=1S/C21H26N2O2.ClH/c1-21(11-13-22-14-12-21)16-23-20(24)19-10-6-5-7-17(19)15-25-18-8-3-2-4-9-18;/h2-10,22H,11-16H2,1H3,(H,23,24);1H. The van der Waals surface area contributed by atoms with Crippen molar-refractivity contribution in [1.82, 2.24) is 10.6 Å². The summed E-state index contributed by atoms with van der Waals surface area (Å²) in [5.74, 6) is 0.784. The van der Waals surface area contributed by atoms with Crippen LogP contribution in [0.5, 0.6) is 5.75 Å². The molecule has 1 heterocycles. The minimum atomic E-state index is -0.0213. The molecule has 1 aliphatic heterocycles. The topological polar surface area (TPSA) is 50.4 Å². The first-order valence-electron chi connectivity index (χ1n) is 8.91. The van der Waals surface area contributed by atoms with Gasteiger partial charge >= 0.3 is 0 Å². The molecular weight excluding hydrogens is 348 g/mol. The number of piperidine rings is 1. The van der Waals surface area contributed by atoms with Crippen molar-refractivity contribution in [3.05, 3.63) is 65.7 Å². The number of hydrogen-bond donors (Lipinski definition) is 2. The number of ether oxygens (including phenoxy) is 1. The van der Waals surface area contributed by atoms with Crippen molar-refractivity contribution in [3.63, 3.8) is 0 Å². The van der Waals surface area contributed by atoms with Crippen molar-refractivity contribution >= 4 is 18.3 Å². The van der Waals surface area contributed by atoms with E-state index in [4.69, 9.17) is 4.74 Å². The highest BCUT2D eigenvalue weighted by Gasteiger charge is 2.27. The molecule has 0 spiro atoms. The van der Waals surface area contributed by atoms with Crippen LogP contribution in [0.15, 0.2) is 54.6 Å². The summed E-state index contributed by atoms with van der Waals surface area (Å²) in [6.45, 7) is 5.39. The van der Waals surface area contributed by atoms with Gasteiger partial charge < -0.3 is 15.4 Å². The third-order valence-corrected chi connectivity index (χ3v) is 4.89. The Hall–Kier alpha value is -2.04. The van der Waals surface area contributed by atoms with Gasteiger partial charge in [0.15, 0.2) is 0 Å². The zero-order valence-electron chi connectivity index (χ0n) is 15.2. The summed E-state index contributed by atoms with van der Waals surface area (Å²) in [6.07, 6.45) is 2.18. The first kappa shape index (κ1) is 20.3. The summed E-state index contributed by atoms with van der Waals surface area (Å²) in [5.41, 5.74) is 1.77. The van der Waals surface area contributed by atoms with E-state index in [-0.39, 0.29) is 23.7 Å². The fourth-order valence-corrected chi connectivity index (χ4v) is 3.14. The Morgan fingerprint density at radius 2 is 1.73 bits per heavy atom. The van der Waals surface area contributed by atoms with E-state index in [0.29, 0.717) is 18.7 Å². The van der Waals surface area contributed by atoms with Crippen LogP contribution in [0.1, 0.15) is 35.7 Å². The van der Waals surface area contributed by atoms with Crippen LogP contribution in [0.3, 0.4) is 0 Å². The molecule has 0 bridgehead atoms. The third kappa shape index (κ3) is 5.48. The number of para-hydroxylation sites is 1. The van der Waals surface area contributed by atoms with Crippen molar-refractivity contribution in [1.29, 1.82) is 0 Å². The molecule has 2 aromatic carbocycles. The Morgan fingerprint density at radius 1 is 1.08 bits per heavy atom. The highest BCUT2D eigenvalue weighted by molar-refractivity contribution is 5.95. The molecular formula is C21H27ClN2O2. The molecule has 0 unspecified atom stereocenters. The van der Waals surface area contributed by atoms with Crippen molar-refractivity contribution < 1.29 is 9.53 Å². The third-order valence-electron chi connectivity index (χ3n) is 4.89. The van der Waals surface area contributed by atoms with Gasteiger partial charge in [0.2, 0.25) is 0 Å². The predicted octanol–water partition coefficient (Wildman–Crippen LogP) is 3.81. The molecule has 0 radical (unpaired) electrons. The van der Waals surface area contributed by atoms with Gasteiger partial charge in [-0.25, -0.2) is 0 Å². The minimum absolute atomic E-state index is 0. The van der Waals surface area contributed by atoms with Gasteiger partial charge in [0.25, 0.3) is 5.91 Å². The average Bonchev–Trinajstić information content (AvgIpc) is 2.66. The fraction of sp³-hybridized carbons (Fsp3) is 0.381. The Kier molecular flexibility index (Phi) is 7.49. The average molecular weight is 375 g/mol. The van der Waals surface area contributed by atoms with Crippen LogP contribution in [-0.4, -0.2) is 25.5 Å². The summed E-state index contributed by atoms with van der Waals surface area (Å²) in [6, 6.07) is 17.3. The number of carbonyl (C=O) groups is 1. The summed E-state index contributed by atoms with van der Waals surface area (Å²) in [7, 11) is 0. The Balaban J connectivity index is 0.00000243. The SMILES string of the molecule is CC1(CNC(=O)c2ccccc2COc2ccccc2)CCNCC1.Cl. The molecule has 26 heavy (non-hydrogen) atoms. The van der Waals surface area contributed by atoms with Crippen LogP contribution in [0, 0.1) is 5.41 Å². The summed E-state index contributed by atoms with van der Waals surface area (Å²) >= 11 is 0. The van der Waals surface area contributed by atoms with E-state index in [9.17, 15) is 4.79 Å². The van der Waals surface area contributed by atoms with Gasteiger partial charge in [-0.3, -0.25) is 4.79 Å². The Labute approximate surface area is 161 Å². The lowest BCUT2D eigenvalue weighted by Gasteiger charge is -2.34. The fourth-order valence-electron chi connectivity index (χ4n) is 3.14. The normalized spacial score (nSPS) is 15.6. The second-order valence-corrected chi connectivity index (χ2v) is 7.00. The van der Waals surface area contributed by atoms with Gasteiger partial charge in [0, 0.05) is 17.7 Å². The van der Waals surface area contributed by atoms with Crippen molar-refractivity contribution in [2.24, 2.45) is 5.41 Å².